The number of hydrogen-bond donors (Lipinski definition) is 1. The minimum absolute atomic E-state index is 0.461. The fourth-order valence-corrected chi connectivity index (χ4v) is 2.20. The van der Waals surface area contributed by atoms with Crippen LogP contribution >= 0.6 is 0 Å². The molecule has 0 heterocycles. The molecule has 17 heavy (non-hydrogen) atoms. The summed E-state index contributed by atoms with van der Waals surface area (Å²) < 4.78 is 0. The molecule has 0 aliphatic heterocycles. The SMILES string of the molecule is CCN(C)CCC(NC)c1cc(C)cc(C)c1. The molecule has 96 valence electrons. The number of aryl methyl sites for hydroxylation is 2. The van der Waals surface area contributed by atoms with Gasteiger partial charge in [-0.05, 0) is 53.0 Å². The molecule has 1 rings (SSSR count). The van der Waals surface area contributed by atoms with E-state index in [9.17, 15) is 0 Å². The number of nitrogens with one attached hydrogen (secondary N) is 1. The van der Waals surface area contributed by atoms with Crippen molar-refractivity contribution in [2.75, 3.05) is 27.2 Å². The first-order valence-electron chi connectivity index (χ1n) is 6.50. The summed E-state index contributed by atoms with van der Waals surface area (Å²) in [6, 6.07) is 7.27. The van der Waals surface area contributed by atoms with Crippen LogP contribution in [0.3, 0.4) is 0 Å². The summed E-state index contributed by atoms with van der Waals surface area (Å²) in [6.45, 7) is 8.78. The molecule has 1 atom stereocenters. The molecule has 0 fully saturated rings. The van der Waals surface area contributed by atoms with Crippen LogP contribution in [0, 0.1) is 13.8 Å². The molecule has 0 spiro atoms. The Kier molecular flexibility index (Phi) is 5.66. The van der Waals surface area contributed by atoms with Gasteiger partial charge in [-0.15, -0.1) is 0 Å². The highest BCUT2D eigenvalue weighted by Crippen LogP contribution is 2.19. The van der Waals surface area contributed by atoms with Crippen LogP contribution in [0.2, 0.25) is 0 Å². The molecule has 0 saturated carbocycles. The Morgan fingerprint density at radius 1 is 1.18 bits per heavy atom. The quantitative estimate of drug-likeness (QED) is 0.814. The Hall–Kier alpha value is -0.860. The van der Waals surface area contributed by atoms with Gasteiger partial charge in [-0.3, -0.25) is 0 Å². The second kappa shape index (κ2) is 6.77. The van der Waals surface area contributed by atoms with Crippen LogP contribution in [0.1, 0.15) is 36.1 Å². The first kappa shape index (κ1) is 14.2. The maximum Gasteiger partial charge on any atom is 0.0329 e. The number of rotatable bonds is 6. The van der Waals surface area contributed by atoms with Gasteiger partial charge < -0.3 is 10.2 Å². The summed E-state index contributed by atoms with van der Waals surface area (Å²) in [5.74, 6) is 0. The van der Waals surface area contributed by atoms with E-state index in [0.29, 0.717) is 6.04 Å². The lowest BCUT2D eigenvalue weighted by molar-refractivity contribution is 0.326. The van der Waals surface area contributed by atoms with Gasteiger partial charge in [0.1, 0.15) is 0 Å². The smallest absolute Gasteiger partial charge is 0.0329 e. The molecule has 1 aromatic carbocycles. The average molecular weight is 234 g/mol. The van der Waals surface area contributed by atoms with Crippen molar-refractivity contribution >= 4 is 0 Å². The van der Waals surface area contributed by atoms with E-state index in [1.165, 1.54) is 16.7 Å². The van der Waals surface area contributed by atoms with Crippen molar-refractivity contribution in [3.63, 3.8) is 0 Å². The van der Waals surface area contributed by atoms with E-state index in [1.807, 2.05) is 7.05 Å². The van der Waals surface area contributed by atoms with Gasteiger partial charge in [0, 0.05) is 6.04 Å². The number of benzene rings is 1. The molecule has 0 aliphatic carbocycles. The van der Waals surface area contributed by atoms with Crippen molar-refractivity contribution in [1.29, 1.82) is 0 Å². The molecule has 1 unspecified atom stereocenters. The van der Waals surface area contributed by atoms with Crippen LogP contribution in [0.5, 0.6) is 0 Å². The third-order valence-electron chi connectivity index (χ3n) is 3.33. The topological polar surface area (TPSA) is 15.3 Å². The van der Waals surface area contributed by atoms with Gasteiger partial charge >= 0.3 is 0 Å². The monoisotopic (exact) mass is 234 g/mol. The normalized spacial score (nSPS) is 13.1. The van der Waals surface area contributed by atoms with Crippen LogP contribution in [0.4, 0.5) is 0 Å². The van der Waals surface area contributed by atoms with Gasteiger partial charge in [0.2, 0.25) is 0 Å². The van der Waals surface area contributed by atoms with E-state index in [2.05, 4.69) is 56.2 Å². The first-order valence-corrected chi connectivity index (χ1v) is 6.50. The fourth-order valence-electron chi connectivity index (χ4n) is 2.20. The van der Waals surface area contributed by atoms with E-state index in [1.54, 1.807) is 0 Å². The van der Waals surface area contributed by atoms with Crippen molar-refractivity contribution < 1.29 is 0 Å². The average Bonchev–Trinajstić information content (AvgIpc) is 2.28. The minimum atomic E-state index is 0.461. The molecule has 0 saturated heterocycles. The lowest BCUT2D eigenvalue weighted by Crippen LogP contribution is -2.25. The van der Waals surface area contributed by atoms with Gasteiger partial charge in [0.15, 0.2) is 0 Å². The van der Waals surface area contributed by atoms with Crippen LogP contribution in [0.15, 0.2) is 18.2 Å². The van der Waals surface area contributed by atoms with Crippen molar-refractivity contribution in [2.24, 2.45) is 0 Å². The highest BCUT2D eigenvalue weighted by Gasteiger charge is 2.10. The molecular weight excluding hydrogens is 208 g/mol. The van der Waals surface area contributed by atoms with Gasteiger partial charge in [-0.25, -0.2) is 0 Å². The van der Waals surface area contributed by atoms with E-state index in [0.717, 1.165) is 19.5 Å². The summed E-state index contributed by atoms with van der Waals surface area (Å²) in [4.78, 5) is 2.35. The Labute approximate surface area is 106 Å². The molecule has 1 N–H and O–H groups in total. The molecule has 0 bridgehead atoms. The molecular formula is C15H26N2. The Balaban J connectivity index is 2.72. The summed E-state index contributed by atoms with van der Waals surface area (Å²) in [6.07, 6.45) is 1.16. The fraction of sp³-hybridized carbons (Fsp3) is 0.600. The second-order valence-corrected chi connectivity index (χ2v) is 4.95. The van der Waals surface area contributed by atoms with Crippen molar-refractivity contribution in [3.8, 4) is 0 Å². The predicted octanol–water partition coefficient (Wildman–Crippen LogP) is 2.91. The standard InChI is InChI=1S/C15H26N2/c1-6-17(5)8-7-15(16-4)14-10-12(2)9-13(3)11-14/h9-11,15-16H,6-8H2,1-5H3. The molecule has 0 radical (unpaired) electrons. The molecule has 0 aliphatic rings. The maximum atomic E-state index is 3.43. The zero-order valence-corrected chi connectivity index (χ0v) is 11.9. The van der Waals surface area contributed by atoms with Gasteiger partial charge in [0.25, 0.3) is 0 Å². The summed E-state index contributed by atoms with van der Waals surface area (Å²) >= 11 is 0. The van der Waals surface area contributed by atoms with E-state index in [-0.39, 0.29) is 0 Å². The largest absolute Gasteiger partial charge is 0.313 e. The highest BCUT2D eigenvalue weighted by atomic mass is 15.1. The van der Waals surface area contributed by atoms with Gasteiger partial charge in [-0.2, -0.15) is 0 Å². The summed E-state index contributed by atoms with van der Waals surface area (Å²) in [7, 11) is 4.22. The van der Waals surface area contributed by atoms with Crippen molar-refractivity contribution in [1.82, 2.24) is 10.2 Å². The van der Waals surface area contributed by atoms with E-state index in [4.69, 9.17) is 0 Å². The predicted molar refractivity (Wildman–Crippen MR) is 75.5 cm³/mol. The highest BCUT2D eigenvalue weighted by molar-refractivity contribution is 5.30. The third kappa shape index (κ3) is 4.49. The molecule has 0 aromatic heterocycles. The zero-order chi connectivity index (χ0) is 12.8. The lowest BCUT2D eigenvalue weighted by Gasteiger charge is -2.21. The van der Waals surface area contributed by atoms with Crippen LogP contribution in [0.25, 0.3) is 0 Å². The van der Waals surface area contributed by atoms with E-state index < -0.39 is 0 Å². The molecule has 2 heteroatoms. The molecule has 2 nitrogen and oxygen atoms in total. The number of hydrogen-bond acceptors (Lipinski definition) is 2. The Morgan fingerprint density at radius 2 is 1.76 bits per heavy atom. The van der Waals surface area contributed by atoms with Gasteiger partial charge in [0.05, 0.1) is 0 Å². The molecule has 0 amide bonds. The molecule has 1 aromatic rings. The lowest BCUT2D eigenvalue weighted by atomic mass is 9.99. The van der Waals surface area contributed by atoms with Crippen LogP contribution in [-0.2, 0) is 0 Å². The van der Waals surface area contributed by atoms with E-state index >= 15 is 0 Å². The Bertz CT molecular complexity index is 327. The van der Waals surface area contributed by atoms with Crippen molar-refractivity contribution in [3.05, 3.63) is 34.9 Å². The Morgan fingerprint density at radius 3 is 2.24 bits per heavy atom. The number of nitrogens with zero attached hydrogens (tertiary/aromatic N) is 1. The minimum Gasteiger partial charge on any atom is -0.313 e. The van der Waals surface area contributed by atoms with Crippen LogP contribution < -0.4 is 5.32 Å². The summed E-state index contributed by atoms with van der Waals surface area (Å²) in [5.41, 5.74) is 4.11. The summed E-state index contributed by atoms with van der Waals surface area (Å²) in [5, 5.41) is 3.43. The second-order valence-electron chi connectivity index (χ2n) is 4.95. The zero-order valence-electron chi connectivity index (χ0n) is 11.9. The van der Waals surface area contributed by atoms with Crippen LogP contribution in [-0.4, -0.2) is 32.1 Å². The first-order chi connectivity index (χ1) is 8.06. The maximum absolute atomic E-state index is 3.43. The van der Waals surface area contributed by atoms with Crippen molar-refractivity contribution in [2.45, 2.75) is 33.2 Å². The third-order valence-corrected chi connectivity index (χ3v) is 3.33. The van der Waals surface area contributed by atoms with Gasteiger partial charge in [-0.1, -0.05) is 36.2 Å².